The summed E-state index contributed by atoms with van der Waals surface area (Å²) in [6.07, 6.45) is 3.50. The van der Waals surface area contributed by atoms with E-state index >= 15 is 0 Å². The molecule has 0 saturated heterocycles. The van der Waals surface area contributed by atoms with Gasteiger partial charge in [-0.2, -0.15) is 0 Å². The number of nitrogens with zero attached hydrogens (tertiary/aromatic N) is 3. The van der Waals surface area contributed by atoms with E-state index in [4.69, 9.17) is 9.52 Å². The highest BCUT2D eigenvalue weighted by atomic mass is 16.5. The maximum atomic E-state index is 5.46. The van der Waals surface area contributed by atoms with Crippen LogP contribution in [0.3, 0.4) is 0 Å². The molecule has 0 fully saturated rings. The minimum atomic E-state index is 0.584. The van der Waals surface area contributed by atoms with E-state index in [0.717, 1.165) is 59.2 Å². The Balaban J connectivity index is 1.71. The van der Waals surface area contributed by atoms with Gasteiger partial charge in [0, 0.05) is 36.8 Å². The molecule has 152 valence electrons. The van der Waals surface area contributed by atoms with Gasteiger partial charge in [-0.15, -0.1) is 0 Å². The summed E-state index contributed by atoms with van der Waals surface area (Å²) in [5, 5.41) is 10.9. The molecule has 3 aromatic rings. The van der Waals surface area contributed by atoms with Crippen LogP contribution in [-0.4, -0.2) is 22.6 Å². The Hall–Kier alpha value is -3.15. The Morgan fingerprint density at radius 3 is 2.66 bits per heavy atom. The van der Waals surface area contributed by atoms with E-state index in [9.17, 15) is 0 Å². The standard InChI is InChI=1S/C23H29N5O/c1-4-20-19(22(5-2)29-28-20)16-27-23(24-6-3)26-15-17-10-9-11-18(14-17)21-12-7-8-13-25-21/h7-14H,4-6,15-16H2,1-3H3,(H2,24,26,27). The van der Waals surface area contributed by atoms with Crippen LogP contribution in [0.4, 0.5) is 0 Å². The number of nitrogens with one attached hydrogen (secondary N) is 2. The number of guanidine groups is 1. The quantitative estimate of drug-likeness (QED) is 0.446. The van der Waals surface area contributed by atoms with Gasteiger partial charge in [0.2, 0.25) is 0 Å². The fraction of sp³-hybridized carbons (Fsp3) is 0.348. The largest absolute Gasteiger partial charge is 0.361 e. The number of pyridine rings is 1. The first-order chi connectivity index (χ1) is 14.2. The highest BCUT2D eigenvalue weighted by Crippen LogP contribution is 2.18. The van der Waals surface area contributed by atoms with E-state index < -0.39 is 0 Å². The van der Waals surface area contributed by atoms with Gasteiger partial charge in [0.05, 0.1) is 17.9 Å². The number of hydrogen-bond acceptors (Lipinski definition) is 4. The molecule has 0 amide bonds. The minimum Gasteiger partial charge on any atom is -0.361 e. The summed E-state index contributed by atoms with van der Waals surface area (Å²) in [4.78, 5) is 9.18. The summed E-state index contributed by atoms with van der Waals surface area (Å²) in [5.74, 6) is 1.72. The van der Waals surface area contributed by atoms with Crippen molar-refractivity contribution in [2.45, 2.75) is 46.7 Å². The highest BCUT2D eigenvalue weighted by molar-refractivity contribution is 5.79. The molecule has 3 rings (SSSR count). The maximum Gasteiger partial charge on any atom is 0.191 e. The number of benzene rings is 1. The van der Waals surface area contributed by atoms with Crippen molar-refractivity contribution in [3.05, 3.63) is 71.2 Å². The lowest BCUT2D eigenvalue weighted by Crippen LogP contribution is -2.37. The predicted molar refractivity (Wildman–Crippen MR) is 117 cm³/mol. The van der Waals surface area contributed by atoms with Gasteiger partial charge in [0.25, 0.3) is 0 Å². The van der Waals surface area contributed by atoms with Crippen LogP contribution in [0.15, 0.2) is 58.2 Å². The number of hydrogen-bond donors (Lipinski definition) is 2. The average Bonchev–Trinajstić information content (AvgIpc) is 3.18. The minimum absolute atomic E-state index is 0.584. The third kappa shape index (κ3) is 5.44. The van der Waals surface area contributed by atoms with Crippen LogP contribution in [0.2, 0.25) is 0 Å². The van der Waals surface area contributed by atoms with E-state index in [1.54, 1.807) is 0 Å². The Bertz CT molecular complexity index is 912. The molecule has 0 unspecified atom stereocenters. The zero-order valence-corrected chi connectivity index (χ0v) is 17.4. The van der Waals surface area contributed by atoms with Gasteiger partial charge < -0.3 is 15.2 Å². The first-order valence-electron chi connectivity index (χ1n) is 10.2. The number of aryl methyl sites for hydroxylation is 2. The molecule has 29 heavy (non-hydrogen) atoms. The first-order valence-corrected chi connectivity index (χ1v) is 10.2. The summed E-state index contributed by atoms with van der Waals surface area (Å²) in [7, 11) is 0. The molecule has 6 nitrogen and oxygen atoms in total. The van der Waals surface area contributed by atoms with E-state index in [1.165, 1.54) is 0 Å². The number of aliphatic imine (C=N–C) groups is 1. The SMILES string of the molecule is CCNC(=NCc1cccc(-c2ccccn2)c1)NCc1c(CC)noc1CC. The van der Waals surface area contributed by atoms with Gasteiger partial charge in [0.15, 0.2) is 5.96 Å². The third-order valence-electron chi connectivity index (χ3n) is 4.69. The smallest absolute Gasteiger partial charge is 0.191 e. The van der Waals surface area contributed by atoms with Crippen molar-refractivity contribution >= 4 is 5.96 Å². The van der Waals surface area contributed by atoms with Gasteiger partial charge in [-0.25, -0.2) is 4.99 Å². The van der Waals surface area contributed by atoms with Crippen LogP contribution in [0.25, 0.3) is 11.3 Å². The number of aromatic nitrogens is 2. The second-order valence-electron chi connectivity index (χ2n) is 6.70. The molecule has 2 aromatic heterocycles. The third-order valence-corrected chi connectivity index (χ3v) is 4.69. The van der Waals surface area contributed by atoms with Gasteiger partial charge in [-0.3, -0.25) is 4.98 Å². The van der Waals surface area contributed by atoms with Crippen LogP contribution >= 0.6 is 0 Å². The van der Waals surface area contributed by atoms with E-state index in [-0.39, 0.29) is 0 Å². The van der Waals surface area contributed by atoms with Crippen LogP contribution in [0, 0.1) is 0 Å². The Labute approximate surface area is 172 Å². The Morgan fingerprint density at radius 1 is 1.03 bits per heavy atom. The maximum absolute atomic E-state index is 5.46. The van der Waals surface area contributed by atoms with Crippen LogP contribution in [-0.2, 0) is 25.9 Å². The van der Waals surface area contributed by atoms with Crippen LogP contribution in [0.1, 0.15) is 43.4 Å². The molecule has 0 radical (unpaired) electrons. The molecule has 0 aliphatic heterocycles. The second-order valence-corrected chi connectivity index (χ2v) is 6.70. The van der Waals surface area contributed by atoms with Gasteiger partial charge in [-0.05, 0) is 37.1 Å². The molecule has 2 heterocycles. The van der Waals surface area contributed by atoms with Crippen molar-refractivity contribution in [2.24, 2.45) is 4.99 Å². The van der Waals surface area contributed by atoms with Crippen molar-refractivity contribution in [1.82, 2.24) is 20.8 Å². The number of rotatable bonds is 8. The van der Waals surface area contributed by atoms with Crippen molar-refractivity contribution in [3.8, 4) is 11.3 Å². The van der Waals surface area contributed by atoms with Crippen molar-refractivity contribution in [3.63, 3.8) is 0 Å². The Kier molecular flexibility index (Phi) is 7.39. The second kappa shape index (κ2) is 10.4. The summed E-state index contributed by atoms with van der Waals surface area (Å²) in [5.41, 5.74) is 5.35. The van der Waals surface area contributed by atoms with Crippen molar-refractivity contribution in [2.75, 3.05) is 6.54 Å². The van der Waals surface area contributed by atoms with Crippen molar-refractivity contribution in [1.29, 1.82) is 0 Å². The molecule has 0 aliphatic rings. The predicted octanol–water partition coefficient (Wildman–Crippen LogP) is 4.12. The highest BCUT2D eigenvalue weighted by Gasteiger charge is 2.13. The summed E-state index contributed by atoms with van der Waals surface area (Å²) < 4.78 is 5.46. The van der Waals surface area contributed by atoms with E-state index in [0.29, 0.717) is 13.1 Å². The monoisotopic (exact) mass is 391 g/mol. The van der Waals surface area contributed by atoms with E-state index in [1.807, 2.05) is 30.5 Å². The Morgan fingerprint density at radius 2 is 1.93 bits per heavy atom. The molecular weight excluding hydrogens is 362 g/mol. The first kappa shape index (κ1) is 20.6. The van der Waals surface area contributed by atoms with E-state index in [2.05, 4.69) is 59.7 Å². The summed E-state index contributed by atoms with van der Waals surface area (Å²) in [6.45, 7) is 8.26. The molecule has 6 heteroatoms. The lowest BCUT2D eigenvalue weighted by Gasteiger charge is -2.12. The van der Waals surface area contributed by atoms with Crippen molar-refractivity contribution < 1.29 is 4.52 Å². The summed E-state index contributed by atoms with van der Waals surface area (Å²) >= 11 is 0. The molecule has 2 N–H and O–H groups in total. The molecule has 0 bridgehead atoms. The molecular formula is C23H29N5O. The lowest BCUT2D eigenvalue weighted by atomic mass is 10.1. The van der Waals surface area contributed by atoms with Crippen LogP contribution in [0.5, 0.6) is 0 Å². The lowest BCUT2D eigenvalue weighted by molar-refractivity contribution is 0.380. The zero-order valence-electron chi connectivity index (χ0n) is 17.4. The van der Waals surface area contributed by atoms with Gasteiger partial charge in [0.1, 0.15) is 5.76 Å². The van der Waals surface area contributed by atoms with Crippen LogP contribution < -0.4 is 10.6 Å². The van der Waals surface area contributed by atoms with Gasteiger partial charge >= 0.3 is 0 Å². The average molecular weight is 392 g/mol. The van der Waals surface area contributed by atoms with Gasteiger partial charge in [-0.1, -0.05) is 43.3 Å². The fourth-order valence-electron chi connectivity index (χ4n) is 3.18. The molecule has 0 aliphatic carbocycles. The zero-order chi connectivity index (χ0) is 20.5. The molecule has 1 aromatic carbocycles. The molecule has 0 atom stereocenters. The summed E-state index contributed by atoms with van der Waals surface area (Å²) in [6, 6.07) is 14.3. The molecule has 0 spiro atoms. The fourth-order valence-corrected chi connectivity index (χ4v) is 3.18. The topological polar surface area (TPSA) is 75.3 Å². The normalized spacial score (nSPS) is 11.5. The molecule has 0 saturated carbocycles.